The zero-order chi connectivity index (χ0) is 23.1. The second kappa shape index (κ2) is 8.51. The highest BCUT2D eigenvalue weighted by molar-refractivity contribution is 5.94. The lowest BCUT2D eigenvalue weighted by molar-refractivity contribution is 0.0535. The lowest BCUT2D eigenvalue weighted by Gasteiger charge is -2.38. The van der Waals surface area contributed by atoms with E-state index in [2.05, 4.69) is 20.3 Å². The number of hydrogen-bond donors (Lipinski definition) is 2. The van der Waals surface area contributed by atoms with Crippen LogP contribution < -0.4 is 16.6 Å². The Morgan fingerprint density at radius 3 is 2.70 bits per heavy atom. The van der Waals surface area contributed by atoms with Crippen LogP contribution in [0.3, 0.4) is 0 Å². The number of nitrogens with two attached hydrogens (primary N) is 1. The van der Waals surface area contributed by atoms with Crippen LogP contribution in [0.1, 0.15) is 38.7 Å². The Balaban J connectivity index is 1.32. The highest BCUT2D eigenvalue weighted by Crippen LogP contribution is 2.30. The molecule has 2 aliphatic rings. The number of aryl methyl sites for hydroxylation is 1. The van der Waals surface area contributed by atoms with Crippen molar-refractivity contribution >= 4 is 5.97 Å². The third kappa shape index (κ3) is 4.18. The molecule has 4 heterocycles. The van der Waals surface area contributed by atoms with Crippen LogP contribution in [0.4, 0.5) is 0 Å². The Labute approximate surface area is 191 Å². The second-order valence-electron chi connectivity index (χ2n) is 8.63. The first-order chi connectivity index (χ1) is 15.9. The lowest BCUT2D eigenvalue weighted by Crippen LogP contribution is -2.56. The zero-order valence-electron chi connectivity index (χ0n) is 18.6. The van der Waals surface area contributed by atoms with Crippen molar-refractivity contribution in [2.75, 3.05) is 13.1 Å². The number of hydrogen-bond acceptors (Lipinski definition) is 8. The minimum absolute atomic E-state index is 0.0526. The fourth-order valence-corrected chi connectivity index (χ4v) is 4.60. The minimum atomic E-state index is -0.251. The van der Waals surface area contributed by atoms with E-state index in [1.54, 1.807) is 13.1 Å². The number of piperazine rings is 1. The van der Waals surface area contributed by atoms with Crippen molar-refractivity contribution in [3.8, 4) is 11.4 Å². The molecule has 0 bridgehead atoms. The molecular weight excluding hydrogens is 420 g/mol. The van der Waals surface area contributed by atoms with Crippen molar-refractivity contribution in [1.29, 1.82) is 0 Å². The van der Waals surface area contributed by atoms with Gasteiger partial charge in [-0.2, -0.15) is 5.10 Å². The van der Waals surface area contributed by atoms with E-state index < -0.39 is 0 Å². The summed E-state index contributed by atoms with van der Waals surface area (Å²) in [6.07, 6.45) is 1.67. The van der Waals surface area contributed by atoms with Crippen LogP contribution in [0.2, 0.25) is 0 Å². The smallest absolute Gasteiger partial charge is 0.338 e. The van der Waals surface area contributed by atoms with Crippen molar-refractivity contribution in [1.82, 2.24) is 25.0 Å². The van der Waals surface area contributed by atoms with Crippen molar-refractivity contribution in [2.45, 2.75) is 32.3 Å². The lowest BCUT2D eigenvalue weighted by atomic mass is 9.92. The Morgan fingerprint density at radius 2 is 1.94 bits per heavy atom. The van der Waals surface area contributed by atoms with Crippen LogP contribution in [-0.4, -0.2) is 44.9 Å². The van der Waals surface area contributed by atoms with Crippen molar-refractivity contribution in [3.63, 3.8) is 0 Å². The summed E-state index contributed by atoms with van der Waals surface area (Å²) >= 11 is 0. The number of carbonyl (C=O) groups is 1. The normalized spacial score (nSPS) is 20.5. The fraction of sp³-hybridized carbons (Fsp3) is 0.333. The van der Waals surface area contributed by atoms with E-state index in [1.165, 1.54) is 10.7 Å². The van der Waals surface area contributed by atoms with Gasteiger partial charge in [0.25, 0.3) is 5.56 Å². The summed E-state index contributed by atoms with van der Waals surface area (Å²) < 4.78 is 6.50. The van der Waals surface area contributed by atoms with E-state index >= 15 is 0 Å². The van der Waals surface area contributed by atoms with Gasteiger partial charge in [0.15, 0.2) is 0 Å². The standard InChI is InChI=1S/C24H26N6O3/c1-14-16(4-5-17-18(14)13-33-24(17)32)21-11-30(12-22(25)27-21)10-15-3-6-19(26-9-15)20-7-8-23(31)29(2)28-20/h3-9,21-22,27H,10-13,25H2,1-2H3/t21-,22+/m0/s1. The minimum Gasteiger partial charge on any atom is -0.457 e. The SMILES string of the molecule is Cc1c([C@@H]2CN(Cc3ccc(-c4ccc(=O)n(C)n4)nc3)C[C@H](N)N2)ccc2c1COC2=O. The van der Waals surface area contributed by atoms with Crippen LogP contribution in [0.15, 0.2) is 47.4 Å². The van der Waals surface area contributed by atoms with Gasteiger partial charge in [-0.15, -0.1) is 0 Å². The largest absolute Gasteiger partial charge is 0.457 e. The van der Waals surface area contributed by atoms with Crippen LogP contribution in [0, 0.1) is 6.92 Å². The molecule has 0 amide bonds. The van der Waals surface area contributed by atoms with Crippen LogP contribution in [-0.2, 0) is 24.9 Å². The molecule has 170 valence electrons. The van der Waals surface area contributed by atoms with Crippen LogP contribution in [0.25, 0.3) is 11.4 Å². The number of pyridine rings is 1. The van der Waals surface area contributed by atoms with Gasteiger partial charge in [0.1, 0.15) is 12.3 Å². The van der Waals surface area contributed by atoms with E-state index in [-0.39, 0.29) is 23.7 Å². The highest BCUT2D eigenvalue weighted by atomic mass is 16.5. The average molecular weight is 447 g/mol. The van der Waals surface area contributed by atoms with Gasteiger partial charge in [0.2, 0.25) is 0 Å². The molecule has 9 heteroatoms. The zero-order valence-corrected chi connectivity index (χ0v) is 18.6. The van der Waals surface area contributed by atoms with Crippen molar-refractivity contribution in [2.24, 2.45) is 12.8 Å². The van der Waals surface area contributed by atoms with Crippen molar-refractivity contribution in [3.05, 3.63) is 80.8 Å². The second-order valence-corrected chi connectivity index (χ2v) is 8.63. The summed E-state index contributed by atoms with van der Waals surface area (Å²) in [6, 6.07) is 11.0. The molecule has 1 saturated heterocycles. The van der Waals surface area contributed by atoms with E-state index in [0.717, 1.165) is 34.5 Å². The molecule has 2 aromatic heterocycles. The summed E-state index contributed by atoms with van der Waals surface area (Å²) in [6.45, 7) is 4.58. The number of rotatable bonds is 4. The molecule has 3 N–H and O–H groups in total. The van der Waals surface area contributed by atoms with Gasteiger partial charge >= 0.3 is 5.97 Å². The number of aromatic nitrogens is 3. The number of nitrogens with zero attached hydrogens (tertiary/aromatic N) is 4. The average Bonchev–Trinajstić information content (AvgIpc) is 3.18. The predicted octanol–water partition coefficient (Wildman–Crippen LogP) is 1.25. The van der Waals surface area contributed by atoms with Crippen molar-refractivity contribution < 1.29 is 9.53 Å². The van der Waals surface area contributed by atoms with E-state index in [9.17, 15) is 9.59 Å². The van der Waals surface area contributed by atoms with Gasteiger partial charge in [-0.3, -0.25) is 20.0 Å². The molecule has 1 fully saturated rings. The maximum atomic E-state index is 11.9. The first kappa shape index (κ1) is 21.4. The predicted molar refractivity (Wildman–Crippen MR) is 122 cm³/mol. The summed E-state index contributed by atoms with van der Waals surface area (Å²) in [5, 5.41) is 7.75. The van der Waals surface area contributed by atoms with Gasteiger partial charge < -0.3 is 10.5 Å². The molecule has 5 rings (SSSR count). The highest BCUT2D eigenvalue weighted by Gasteiger charge is 2.30. The number of carbonyl (C=O) groups excluding carboxylic acids is 1. The molecule has 0 aliphatic carbocycles. The van der Waals surface area contributed by atoms with E-state index in [1.807, 2.05) is 37.4 Å². The third-order valence-corrected chi connectivity index (χ3v) is 6.35. The van der Waals surface area contributed by atoms with Crippen LogP contribution in [0.5, 0.6) is 0 Å². The summed E-state index contributed by atoms with van der Waals surface area (Å²) in [4.78, 5) is 30.3. The molecule has 0 radical (unpaired) electrons. The topological polar surface area (TPSA) is 115 Å². The van der Waals surface area contributed by atoms with Gasteiger partial charge in [-0.25, -0.2) is 9.48 Å². The third-order valence-electron chi connectivity index (χ3n) is 6.35. The monoisotopic (exact) mass is 446 g/mol. The van der Waals surface area contributed by atoms with Gasteiger partial charge in [0, 0.05) is 50.6 Å². The Morgan fingerprint density at radius 1 is 1.12 bits per heavy atom. The Hall–Kier alpha value is -3.40. The molecular formula is C24H26N6O3. The molecule has 3 aromatic rings. The quantitative estimate of drug-likeness (QED) is 0.576. The molecule has 33 heavy (non-hydrogen) atoms. The first-order valence-corrected chi connectivity index (χ1v) is 10.9. The number of nitrogens with one attached hydrogen (secondary N) is 1. The molecule has 0 saturated carbocycles. The summed E-state index contributed by atoms with van der Waals surface area (Å²) in [5.74, 6) is -0.251. The molecule has 9 nitrogen and oxygen atoms in total. The Kier molecular flexibility index (Phi) is 5.53. The Bertz CT molecular complexity index is 1270. The molecule has 0 spiro atoms. The summed E-state index contributed by atoms with van der Waals surface area (Å²) in [7, 11) is 1.62. The first-order valence-electron chi connectivity index (χ1n) is 10.9. The number of fused-ring (bicyclic) bond motifs is 1. The van der Waals surface area contributed by atoms with Crippen LogP contribution >= 0.6 is 0 Å². The number of cyclic esters (lactones) is 1. The summed E-state index contributed by atoms with van der Waals surface area (Å²) in [5.41, 5.74) is 12.5. The maximum absolute atomic E-state index is 11.9. The molecule has 2 aliphatic heterocycles. The van der Waals surface area contributed by atoms with Gasteiger partial charge in [-0.1, -0.05) is 12.1 Å². The molecule has 0 unspecified atom stereocenters. The fourth-order valence-electron chi connectivity index (χ4n) is 4.60. The molecule has 2 atom stereocenters. The number of benzene rings is 1. The van der Waals surface area contributed by atoms with E-state index in [0.29, 0.717) is 31.0 Å². The van der Waals surface area contributed by atoms with Gasteiger partial charge in [-0.05, 0) is 41.8 Å². The van der Waals surface area contributed by atoms with Gasteiger partial charge in [0.05, 0.1) is 17.4 Å². The maximum Gasteiger partial charge on any atom is 0.338 e. The number of ether oxygens (including phenoxy) is 1. The number of esters is 1. The molecule has 1 aromatic carbocycles. The van der Waals surface area contributed by atoms with E-state index in [4.69, 9.17) is 10.5 Å².